The Morgan fingerprint density at radius 1 is 0.362 bits per heavy atom. The Labute approximate surface area is 363 Å². The van der Waals surface area contributed by atoms with Crippen LogP contribution in [0, 0.1) is 0 Å². The zero-order valence-electron chi connectivity index (χ0n) is 39.6. The van der Waals surface area contributed by atoms with E-state index in [1.807, 2.05) is 0 Å². The average Bonchev–Trinajstić information content (AvgIpc) is 3.22. The van der Waals surface area contributed by atoms with Crippen LogP contribution in [0.4, 0.5) is 0 Å². The molecule has 0 amide bonds. The van der Waals surface area contributed by atoms with E-state index in [1.165, 1.54) is 218 Å². The maximum absolute atomic E-state index is 12.7. The number of allylic oxidation sites excluding steroid dienone is 2. The van der Waals surface area contributed by atoms with E-state index in [4.69, 9.17) is 14.2 Å². The summed E-state index contributed by atoms with van der Waals surface area (Å²) in [6, 6.07) is 0. The highest BCUT2D eigenvalue weighted by Gasteiger charge is 2.17. The van der Waals surface area contributed by atoms with Crippen LogP contribution in [0.15, 0.2) is 12.2 Å². The lowest BCUT2D eigenvalue weighted by Crippen LogP contribution is -2.30. The second kappa shape index (κ2) is 50.0. The summed E-state index contributed by atoms with van der Waals surface area (Å²) in [5.74, 6) is -0.386. The molecule has 0 rings (SSSR count). The third-order valence-electron chi connectivity index (χ3n) is 11.8. The largest absolute Gasteiger partial charge is 0.462 e. The van der Waals surface area contributed by atoms with E-state index in [1.54, 1.807) is 0 Å². The Kier molecular flexibility index (Phi) is 48.8. The fourth-order valence-electron chi connectivity index (χ4n) is 7.86. The monoisotopic (exact) mass is 819 g/mol. The third kappa shape index (κ3) is 47.3. The van der Waals surface area contributed by atoms with Crippen molar-refractivity contribution in [3.8, 4) is 0 Å². The van der Waals surface area contributed by atoms with Crippen LogP contribution in [0.1, 0.15) is 290 Å². The minimum atomic E-state index is -0.528. The molecule has 0 bridgehead atoms. The summed E-state index contributed by atoms with van der Waals surface area (Å²) < 4.78 is 17.3. The number of rotatable bonds is 49. The van der Waals surface area contributed by atoms with Gasteiger partial charge in [0.1, 0.15) is 6.61 Å². The second-order valence-electron chi connectivity index (χ2n) is 17.8. The number of carbonyl (C=O) groups excluding carboxylic acids is 2. The molecule has 0 radical (unpaired) electrons. The van der Waals surface area contributed by atoms with Crippen molar-refractivity contribution in [2.45, 2.75) is 297 Å². The molecule has 0 saturated heterocycles. The molecule has 0 N–H and O–H groups in total. The third-order valence-corrected chi connectivity index (χ3v) is 11.8. The summed E-state index contributed by atoms with van der Waals surface area (Å²) in [7, 11) is 0. The Bertz CT molecular complexity index is 840. The van der Waals surface area contributed by atoms with E-state index >= 15 is 0 Å². The van der Waals surface area contributed by atoms with Crippen molar-refractivity contribution < 1.29 is 23.8 Å². The molecule has 0 aromatic carbocycles. The predicted molar refractivity (Wildman–Crippen MR) is 252 cm³/mol. The molecule has 0 fully saturated rings. The summed E-state index contributed by atoms with van der Waals surface area (Å²) >= 11 is 0. The smallest absolute Gasteiger partial charge is 0.306 e. The van der Waals surface area contributed by atoms with Crippen molar-refractivity contribution in [1.82, 2.24) is 0 Å². The maximum atomic E-state index is 12.7. The highest BCUT2D eigenvalue weighted by molar-refractivity contribution is 5.70. The Hall–Kier alpha value is -1.36. The first-order valence-electron chi connectivity index (χ1n) is 26.2. The van der Waals surface area contributed by atoms with Gasteiger partial charge in [0.05, 0.1) is 6.61 Å². The molecular formula is C53H102O5. The van der Waals surface area contributed by atoms with Gasteiger partial charge in [-0.1, -0.05) is 245 Å². The lowest BCUT2D eigenvalue weighted by molar-refractivity contribution is -0.163. The second-order valence-corrected chi connectivity index (χ2v) is 17.8. The first-order chi connectivity index (χ1) is 28.6. The highest BCUT2D eigenvalue weighted by Crippen LogP contribution is 2.16. The molecule has 0 aliphatic carbocycles. The molecular weight excluding hydrogens is 717 g/mol. The van der Waals surface area contributed by atoms with Gasteiger partial charge in [-0.15, -0.1) is 0 Å². The molecule has 0 aromatic rings. The normalized spacial score (nSPS) is 12.1. The number of esters is 2. The van der Waals surface area contributed by atoms with Crippen LogP contribution >= 0.6 is 0 Å². The first kappa shape index (κ1) is 56.6. The molecule has 344 valence electrons. The molecule has 58 heavy (non-hydrogen) atoms. The van der Waals surface area contributed by atoms with Crippen molar-refractivity contribution in [1.29, 1.82) is 0 Å². The summed E-state index contributed by atoms with van der Waals surface area (Å²) in [6.45, 7) is 7.84. The first-order valence-corrected chi connectivity index (χ1v) is 26.2. The van der Waals surface area contributed by atoms with Crippen LogP contribution in [0.2, 0.25) is 0 Å². The average molecular weight is 819 g/mol. The summed E-state index contributed by atoms with van der Waals surface area (Å²) in [4.78, 5) is 25.2. The van der Waals surface area contributed by atoms with Gasteiger partial charge in [-0.05, 0) is 44.9 Å². The van der Waals surface area contributed by atoms with Crippen LogP contribution in [-0.2, 0) is 23.8 Å². The molecule has 0 saturated carbocycles. The molecule has 0 spiro atoms. The number of unbranched alkanes of at least 4 members (excludes halogenated alkanes) is 36. The van der Waals surface area contributed by atoms with E-state index in [0.717, 1.165) is 38.5 Å². The molecule has 5 nitrogen and oxygen atoms in total. The Morgan fingerprint density at radius 2 is 0.672 bits per heavy atom. The quantitative estimate of drug-likeness (QED) is 0.0348. The van der Waals surface area contributed by atoms with E-state index in [2.05, 4.69) is 32.9 Å². The van der Waals surface area contributed by atoms with Gasteiger partial charge in [0.2, 0.25) is 0 Å². The predicted octanol–water partition coefficient (Wildman–Crippen LogP) is 17.5. The fourth-order valence-corrected chi connectivity index (χ4v) is 7.86. The number of hydrogen-bond donors (Lipinski definition) is 0. The van der Waals surface area contributed by atoms with Gasteiger partial charge >= 0.3 is 11.9 Å². The number of ether oxygens (including phenoxy) is 3. The molecule has 1 atom stereocenters. The summed E-state index contributed by atoms with van der Waals surface area (Å²) in [5, 5.41) is 0. The number of carbonyl (C=O) groups is 2. The van der Waals surface area contributed by atoms with Crippen LogP contribution in [-0.4, -0.2) is 37.9 Å². The van der Waals surface area contributed by atoms with Crippen molar-refractivity contribution in [2.24, 2.45) is 0 Å². The van der Waals surface area contributed by atoms with Gasteiger partial charge < -0.3 is 14.2 Å². The SMILES string of the molecule is CCCCCCCC/C=C\CCCCCCCCOCC(COC(=O)CCCCCCCCCCCCCCCCCCCCC)OC(=O)CCCCCCCCC. The van der Waals surface area contributed by atoms with E-state index in [-0.39, 0.29) is 18.5 Å². The van der Waals surface area contributed by atoms with Gasteiger partial charge in [-0.25, -0.2) is 0 Å². The van der Waals surface area contributed by atoms with Gasteiger partial charge in [0.15, 0.2) is 6.10 Å². The zero-order chi connectivity index (χ0) is 42.1. The summed E-state index contributed by atoms with van der Waals surface area (Å²) in [5.41, 5.74) is 0. The molecule has 0 aliphatic heterocycles. The lowest BCUT2D eigenvalue weighted by atomic mass is 10.0. The van der Waals surface area contributed by atoms with Crippen LogP contribution in [0.3, 0.4) is 0 Å². The van der Waals surface area contributed by atoms with Crippen molar-refractivity contribution in [3.05, 3.63) is 12.2 Å². The van der Waals surface area contributed by atoms with Crippen molar-refractivity contribution in [3.63, 3.8) is 0 Å². The van der Waals surface area contributed by atoms with Gasteiger partial charge in [0, 0.05) is 19.4 Å². The van der Waals surface area contributed by atoms with Crippen molar-refractivity contribution in [2.75, 3.05) is 19.8 Å². The highest BCUT2D eigenvalue weighted by atomic mass is 16.6. The fraction of sp³-hybridized carbons (Fsp3) is 0.925. The summed E-state index contributed by atoms with van der Waals surface area (Å²) in [6.07, 6.45) is 56.6. The molecule has 1 unspecified atom stereocenters. The Morgan fingerprint density at radius 3 is 1.05 bits per heavy atom. The van der Waals surface area contributed by atoms with Crippen LogP contribution in [0.5, 0.6) is 0 Å². The van der Waals surface area contributed by atoms with E-state index in [9.17, 15) is 9.59 Å². The Balaban J connectivity index is 4.04. The van der Waals surface area contributed by atoms with E-state index in [0.29, 0.717) is 26.1 Å². The molecule has 5 heteroatoms. The molecule has 0 aliphatic rings. The minimum Gasteiger partial charge on any atom is -0.462 e. The van der Waals surface area contributed by atoms with Crippen LogP contribution in [0.25, 0.3) is 0 Å². The zero-order valence-corrected chi connectivity index (χ0v) is 39.6. The number of hydrogen-bond acceptors (Lipinski definition) is 5. The van der Waals surface area contributed by atoms with Gasteiger partial charge in [-0.2, -0.15) is 0 Å². The molecule has 0 heterocycles. The standard InChI is InChI=1S/C53H102O5/c1-4-7-10-13-16-18-20-22-24-26-27-28-29-31-33-35-38-40-43-46-52(54)57-50-51(58-53(55)47-44-41-37-15-12-9-6-3)49-56-48-45-42-39-36-34-32-30-25-23-21-19-17-14-11-8-5-2/h23,25,51H,4-22,24,26-50H2,1-3H3/b25-23-. The minimum absolute atomic E-state index is 0.0914. The van der Waals surface area contributed by atoms with E-state index < -0.39 is 6.10 Å². The topological polar surface area (TPSA) is 61.8 Å². The van der Waals surface area contributed by atoms with Crippen LogP contribution < -0.4 is 0 Å². The van der Waals surface area contributed by atoms with Crippen molar-refractivity contribution >= 4 is 11.9 Å². The van der Waals surface area contributed by atoms with Gasteiger partial charge in [0.25, 0.3) is 0 Å². The molecule has 0 aromatic heterocycles. The lowest BCUT2D eigenvalue weighted by Gasteiger charge is -2.18. The van der Waals surface area contributed by atoms with Gasteiger partial charge in [-0.3, -0.25) is 9.59 Å². The maximum Gasteiger partial charge on any atom is 0.306 e.